The van der Waals surface area contributed by atoms with Gasteiger partial charge >= 0.3 is 0 Å². The molecule has 1 N–H and O–H groups in total. The summed E-state index contributed by atoms with van der Waals surface area (Å²) in [6.45, 7) is 0. The highest BCUT2D eigenvalue weighted by Gasteiger charge is 2.75. The van der Waals surface area contributed by atoms with Crippen molar-refractivity contribution in [3.8, 4) is 0 Å². The van der Waals surface area contributed by atoms with E-state index in [-0.39, 0.29) is 24.1 Å². The van der Waals surface area contributed by atoms with E-state index in [1.807, 2.05) is 48.5 Å². The van der Waals surface area contributed by atoms with Gasteiger partial charge in [0.15, 0.2) is 0 Å². The van der Waals surface area contributed by atoms with Gasteiger partial charge in [-0.15, -0.1) is 0 Å². The number of carbonyl (C=O) groups is 3. The van der Waals surface area contributed by atoms with Crippen LogP contribution < -0.4 is 10.2 Å². The molecular weight excluding hydrogens is 464 g/mol. The first-order valence-electron chi connectivity index (χ1n) is 12.2. The molecule has 1 aliphatic carbocycles. The van der Waals surface area contributed by atoms with E-state index in [4.69, 9.17) is 0 Å². The van der Waals surface area contributed by atoms with Crippen molar-refractivity contribution in [1.82, 2.24) is 15.3 Å². The average Bonchev–Trinajstić information content (AvgIpc) is 3.22. The van der Waals surface area contributed by atoms with Crippen LogP contribution in [0.15, 0.2) is 104 Å². The minimum atomic E-state index is -1.27. The molecule has 8 rings (SSSR count). The largest absolute Gasteiger partial charge is 0.341 e. The number of amides is 3. The maximum absolute atomic E-state index is 14.4. The Morgan fingerprint density at radius 3 is 2.11 bits per heavy atom. The van der Waals surface area contributed by atoms with Crippen LogP contribution in [0.1, 0.15) is 22.3 Å². The quantitative estimate of drug-likeness (QED) is 0.448. The van der Waals surface area contributed by atoms with Gasteiger partial charge in [0, 0.05) is 30.4 Å². The molecule has 2 aromatic carbocycles. The molecule has 4 aliphatic rings. The molecule has 0 radical (unpaired) electrons. The maximum Gasteiger partial charge on any atom is 0.240 e. The van der Waals surface area contributed by atoms with Crippen molar-refractivity contribution in [2.45, 2.75) is 17.4 Å². The third kappa shape index (κ3) is 2.68. The summed E-state index contributed by atoms with van der Waals surface area (Å²) in [4.78, 5) is 52.9. The van der Waals surface area contributed by atoms with E-state index in [1.165, 1.54) is 4.90 Å². The number of fused-ring (bicyclic) bond motifs is 1. The van der Waals surface area contributed by atoms with Crippen LogP contribution in [-0.4, -0.2) is 27.7 Å². The first-order valence-corrected chi connectivity index (χ1v) is 12.2. The van der Waals surface area contributed by atoms with Gasteiger partial charge in [0.25, 0.3) is 0 Å². The number of hydrogen-bond acceptors (Lipinski definition) is 5. The number of aromatic nitrogens is 2. The fourth-order valence-corrected chi connectivity index (χ4v) is 6.80. The molecule has 180 valence electrons. The summed E-state index contributed by atoms with van der Waals surface area (Å²) in [5.74, 6) is -2.69. The zero-order valence-corrected chi connectivity index (χ0v) is 19.7. The van der Waals surface area contributed by atoms with Crippen LogP contribution in [0.4, 0.5) is 5.69 Å². The Balaban J connectivity index is 1.55. The van der Waals surface area contributed by atoms with Crippen molar-refractivity contribution < 1.29 is 14.4 Å². The van der Waals surface area contributed by atoms with Gasteiger partial charge in [-0.1, -0.05) is 54.6 Å². The van der Waals surface area contributed by atoms with Gasteiger partial charge in [-0.2, -0.15) is 0 Å². The lowest BCUT2D eigenvalue weighted by Crippen LogP contribution is -2.73. The van der Waals surface area contributed by atoms with Crippen molar-refractivity contribution in [3.63, 3.8) is 0 Å². The van der Waals surface area contributed by atoms with Crippen LogP contribution in [0, 0.1) is 11.8 Å². The fourth-order valence-electron chi connectivity index (χ4n) is 6.80. The normalized spacial score (nSPS) is 27.6. The van der Waals surface area contributed by atoms with Gasteiger partial charge in [0.05, 0.1) is 22.9 Å². The number of carbonyl (C=O) groups excluding carboxylic acids is 3. The highest BCUT2D eigenvalue weighted by molar-refractivity contribution is 6.25. The third-order valence-corrected chi connectivity index (χ3v) is 8.19. The first-order chi connectivity index (χ1) is 18.1. The number of benzene rings is 2. The molecule has 7 nitrogen and oxygen atoms in total. The van der Waals surface area contributed by atoms with Gasteiger partial charge in [-0.25, -0.2) is 4.90 Å². The Hall–Kier alpha value is -4.65. The Morgan fingerprint density at radius 1 is 0.730 bits per heavy atom. The topological polar surface area (TPSA) is 92.3 Å². The summed E-state index contributed by atoms with van der Waals surface area (Å²) in [5, 5.41) is 3.26. The monoisotopic (exact) mass is 486 g/mol. The molecule has 4 unspecified atom stereocenters. The lowest BCUT2D eigenvalue weighted by Gasteiger charge is -2.58. The van der Waals surface area contributed by atoms with Crippen LogP contribution >= 0.6 is 0 Å². The highest BCUT2D eigenvalue weighted by atomic mass is 16.2. The molecule has 5 heterocycles. The summed E-state index contributed by atoms with van der Waals surface area (Å²) < 4.78 is 0. The van der Waals surface area contributed by atoms with E-state index in [1.54, 1.807) is 55.1 Å². The van der Waals surface area contributed by atoms with Gasteiger partial charge < -0.3 is 5.32 Å². The number of hydrogen-bond donors (Lipinski definition) is 1. The van der Waals surface area contributed by atoms with Gasteiger partial charge in [0.2, 0.25) is 17.7 Å². The number of rotatable bonds is 4. The van der Waals surface area contributed by atoms with E-state index >= 15 is 0 Å². The molecule has 2 saturated heterocycles. The van der Waals surface area contributed by atoms with Gasteiger partial charge in [0.1, 0.15) is 5.54 Å². The van der Waals surface area contributed by atoms with E-state index in [0.29, 0.717) is 11.3 Å². The number of anilines is 1. The van der Waals surface area contributed by atoms with Crippen molar-refractivity contribution in [1.29, 1.82) is 0 Å². The summed E-state index contributed by atoms with van der Waals surface area (Å²) >= 11 is 0. The smallest absolute Gasteiger partial charge is 0.240 e. The van der Waals surface area contributed by atoms with Crippen LogP contribution in [-0.2, 0) is 31.8 Å². The Labute approximate surface area is 213 Å². The summed E-state index contributed by atoms with van der Waals surface area (Å²) in [7, 11) is 0. The summed E-state index contributed by atoms with van der Waals surface area (Å²) in [5.41, 5.74) is 1.09. The second-order valence-electron chi connectivity index (χ2n) is 9.86. The van der Waals surface area contributed by atoms with E-state index in [9.17, 15) is 14.4 Å². The lowest BCUT2D eigenvalue weighted by atomic mass is 9.47. The second kappa shape index (κ2) is 7.67. The summed E-state index contributed by atoms with van der Waals surface area (Å²) in [6.07, 6.45) is 6.97. The molecule has 7 heteroatoms. The minimum absolute atomic E-state index is 0.246. The fraction of sp³-hybridized carbons (Fsp3) is 0.167. The van der Waals surface area contributed by atoms with Crippen molar-refractivity contribution in [2.75, 3.05) is 4.90 Å². The summed E-state index contributed by atoms with van der Waals surface area (Å²) in [6, 6.07) is 24.0. The standard InChI is InChI=1S/C30H22N4O3/c35-26-24-25(27(36)34(26)21-10-2-1-3-11-21)30(20-9-7-15-32-18-20)23-13-5-4-12-22(23)29(24,28(37)33-30)16-19-8-6-14-31-17-19/h1-15,17-18,24-25H,16H2,(H,33,37). The molecular formula is C30H22N4O3. The van der Waals surface area contributed by atoms with Crippen LogP contribution in [0.5, 0.6) is 0 Å². The zero-order valence-electron chi connectivity index (χ0n) is 19.7. The predicted molar refractivity (Wildman–Crippen MR) is 135 cm³/mol. The average molecular weight is 487 g/mol. The molecule has 3 aliphatic heterocycles. The molecule has 4 atom stereocenters. The van der Waals surface area contributed by atoms with E-state index < -0.39 is 22.8 Å². The number of pyridine rings is 2. The van der Waals surface area contributed by atoms with E-state index in [2.05, 4.69) is 15.3 Å². The Bertz CT molecular complexity index is 1560. The number of nitrogens with zero attached hydrogens (tertiary/aromatic N) is 3. The number of para-hydroxylation sites is 1. The zero-order chi connectivity index (χ0) is 25.2. The number of imide groups is 1. The van der Waals surface area contributed by atoms with Crippen molar-refractivity contribution in [3.05, 3.63) is 126 Å². The minimum Gasteiger partial charge on any atom is -0.341 e. The van der Waals surface area contributed by atoms with Gasteiger partial charge in [-0.05, 0) is 47.4 Å². The highest BCUT2D eigenvalue weighted by Crippen LogP contribution is 2.62. The van der Waals surface area contributed by atoms with Crippen molar-refractivity contribution in [2.24, 2.45) is 11.8 Å². The molecule has 4 aromatic rings. The first kappa shape index (κ1) is 21.6. The SMILES string of the molecule is O=C1C2C(C(=O)N1c1ccccc1)C1(c3cccnc3)NC(=O)C2(Cc2cccnc2)c2ccccc21. The molecule has 2 aromatic heterocycles. The molecule has 3 amide bonds. The molecule has 2 bridgehead atoms. The maximum atomic E-state index is 14.4. The number of piperidine rings is 1. The van der Waals surface area contributed by atoms with Crippen LogP contribution in [0.3, 0.4) is 0 Å². The molecule has 2 fully saturated rings. The molecule has 0 saturated carbocycles. The number of nitrogens with one attached hydrogen (secondary N) is 1. The van der Waals surface area contributed by atoms with Crippen LogP contribution in [0.2, 0.25) is 0 Å². The molecule has 0 spiro atoms. The Morgan fingerprint density at radius 2 is 1.41 bits per heavy atom. The second-order valence-corrected chi connectivity index (χ2v) is 9.86. The lowest BCUT2D eigenvalue weighted by molar-refractivity contribution is -0.148. The predicted octanol–water partition coefficient (Wildman–Crippen LogP) is 3.15. The van der Waals surface area contributed by atoms with Crippen LogP contribution in [0.25, 0.3) is 0 Å². The van der Waals surface area contributed by atoms with E-state index in [0.717, 1.165) is 16.7 Å². The third-order valence-electron chi connectivity index (χ3n) is 8.19. The molecule has 37 heavy (non-hydrogen) atoms. The van der Waals surface area contributed by atoms with Gasteiger partial charge in [-0.3, -0.25) is 24.4 Å². The Kier molecular flexibility index (Phi) is 4.48. The van der Waals surface area contributed by atoms with Crippen molar-refractivity contribution >= 4 is 23.4 Å².